The van der Waals surface area contributed by atoms with Crippen molar-refractivity contribution in [3.8, 4) is 17.2 Å². The maximum atomic E-state index is 10.4. The number of benzene rings is 2. The van der Waals surface area contributed by atoms with Gasteiger partial charge in [-0.15, -0.1) is 0 Å². The fourth-order valence-corrected chi connectivity index (χ4v) is 4.08. The zero-order valence-electron chi connectivity index (χ0n) is 17.2. The van der Waals surface area contributed by atoms with E-state index in [2.05, 4.69) is 31.2 Å². The Morgan fingerprint density at radius 3 is 2.38 bits per heavy atom. The van der Waals surface area contributed by atoms with Crippen LogP contribution in [0.15, 0.2) is 42.5 Å². The van der Waals surface area contributed by atoms with Crippen LogP contribution in [0.5, 0.6) is 17.2 Å². The molecule has 0 unspecified atom stereocenters. The van der Waals surface area contributed by atoms with E-state index in [1.54, 1.807) is 4.90 Å². The van der Waals surface area contributed by atoms with Crippen LogP contribution < -0.4 is 24.0 Å². The van der Waals surface area contributed by atoms with Crippen LogP contribution in [0.2, 0.25) is 0 Å². The topological polar surface area (TPSA) is 56.8 Å². The number of hydrogen-bond donors (Lipinski definition) is 3. The highest BCUT2D eigenvalue weighted by Gasteiger charge is 2.25. The van der Waals surface area contributed by atoms with Gasteiger partial charge >= 0.3 is 0 Å². The van der Waals surface area contributed by atoms with Gasteiger partial charge in [-0.1, -0.05) is 19.1 Å². The van der Waals surface area contributed by atoms with Crippen LogP contribution in [0.1, 0.15) is 18.1 Å². The number of hydrogen-bond acceptors (Lipinski definition) is 4. The lowest BCUT2D eigenvalue weighted by atomic mass is 10.1. The number of ether oxygens (including phenoxy) is 3. The fraction of sp³-hybridized carbons (Fsp3) is 0.478. The monoisotopic (exact) mass is 400 g/mol. The van der Waals surface area contributed by atoms with E-state index in [-0.39, 0.29) is 0 Å². The molecule has 6 nitrogen and oxygen atoms in total. The summed E-state index contributed by atoms with van der Waals surface area (Å²) in [5.41, 5.74) is 2.58. The molecule has 2 aliphatic rings. The van der Waals surface area contributed by atoms with E-state index in [4.69, 9.17) is 14.2 Å². The highest BCUT2D eigenvalue weighted by atomic mass is 16.7. The number of aryl methyl sites for hydroxylation is 1. The normalized spacial score (nSPS) is 21.7. The van der Waals surface area contributed by atoms with E-state index < -0.39 is 6.10 Å². The molecule has 6 heteroatoms. The van der Waals surface area contributed by atoms with Crippen molar-refractivity contribution in [2.75, 3.05) is 46.1 Å². The van der Waals surface area contributed by atoms with Gasteiger partial charge in [0.1, 0.15) is 57.7 Å². The van der Waals surface area contributed by atoms with Crippen LogP contribution in [-0.4, -0.2) is 57.3 Å². The maximum Gasteiger partial charge on any atom is 0.231 e. The number of quaternary nitrogens is 2. The summed E-state index contributed by atoms with van der Waals surface area (Å²) in [6, 6.07) is 14.4. The summed E-state index contributed by atoms with van der Waals surface area (Å²) in [6.45, 7) is 8.91. The molecule has 0 amide bonds. The molecule has 4 rings (SSSR count). The number of rotatable bonds is 8. The number of nitrogens with one attached hydrogen (secondary N) is 2. The quantitative estimate of drug-likeness (QED) is 0.570. The molecule has 0 radical (unpaired) electrons. The molecular weight excluding hydrogens is 368 g/mol. The Kier molecular flexibility index (Phi) is 6.54. The number of piperazine rings is 1. The Balaban J connectivity index is 1.17. The Morgan fingerprint density at radius 2 is 1.62 bits per heavy atom. The standard InChI is InChI=1S/C23H30N2O4/c1-2-18-3-6-21(7-4-18)27-16-20(26)15-25-11-9-24(10-12-25)14-19-5-8-22-23(13-19)29-17-28-22/h3-8,13,20,26H,2,9-12,14-17H2,1H3/p+2/t20-/m1/s1. The Morgan fingerprint density at radius 1 is 0.931 bits per heavy atom. The zero-order chi connectivity index (χ0) is 20.1. The third-order valence-corrected chi connectivity index (χ3v) is 5.85. The average molecular weight is 401 g/mol. The summed E-state index contributed by atoms with van der Waals surface area (Å²) in [7, 11) is 0. The van der Waals surface area contributed by atoms with Crippen LogP contribution in [0.3, 0.4) is 0 Å². The Bertz CT molecular complexity index is 788. The van der Waals surface area contributed by atoms with Crippen LogP contribution in [0.4, 0.5) is 0 Å². The third-order valence-electron chi connectivity index (χ3n) is 5.85. The second-order valence-electron chi connectivity index (χ2n) is 8.03. The first-order valence-corrected chi connectivity index (χ1v) is 10.6. The van der Waals surface area contributed by atoms with E-state index in [9.17, 15) is 5.11 Å². The summed E-state index contributed by atoms with van der Waals surface area (Å²) in [4.78, 5) is 3.03. The summed E-state index contributed by atoms with van der Waals surface area (Å²) < 4.78 is 16.6. The van der Waals surface area contributed by atoms with Crippen molar-refractivity contribution < 1.29 is 29.1 Å². The molecule has 1 fully saturated rings. The van der Waals surface area contributed by atoms with Crippen molar-refractivity contribution in [1.29, 1.82) is 0 Å². The molecule has 2 aliphatic heterocycles. The highest BCUT2D eigenvalue weighted by molar-refractivity contribution is 5.44. The van der Waals surface area contributed by atoms with Gasteiger partial charge in [-0.05, 0) is 42.3 Å². The SMILES string of the molecule is CCc1ccc(OC[C@H](O)C[NH+]2CC[NH+](Cc3ccc4c(c3)OCO4)CC2)cc1. The Hall–Kier alpha value is -2.28. The molecule has 156 valence electrons. The van der Waals surface area contributed by atoms with Gasteiger partial charge in [0, 0.05) is 5.56 Å². The molecule has 0 aliphatic carbocycles. The smallest absolute Gasteiger partial charge is 0.231 e. The van der Waals surface area contributed by atoms with E-state index in [0.29, 0.717) is 13.4 Å². The van der Waals surface area contributed by atoms with Crippen molar-refractivity contribution in [2.45, 2.75) is 26.0 Å². The number of aliphatic hydroxyl groups excluding tert-OH is 1. The van der Waals surface area contributed by atoms with Crippen LogP contribution in [0, 0.1) is 0 Å². The van der Waals surface area contributed by atoms with E-state index in [1.807, 2.05) is 18.2 Å². The van der Waals surface area contributed by atoms with Gasteiger partial charge in [0.15, 0.2) is 11.5 Å². The lowest BCUT2D eigenvalue weighted by molar-refractivity contribution is -1.02. The van der Waals surface area contributed by atoms with Crippen LogP contribution in [-0.2, 0) is 13.0 Å². The fourth-order valence-electron chi connectivity index (χ4n) is 4.08. The van der Waals surface area contributed by atoms with Crippen molar-refractivity contribution in [2.24, 2.45) is 0 Å². The molecular formula is C23H32N2O4+2. The van der Waals surface area contributed by atoms with Gasteiger partial charge in [0.05, 0.1) is 0 Å². The molecule has 2 heterocycles. The lowest BCUT2D eigenvalue weighted by Gasteiger charge is -2.30. The first-order chi connectivity index (χ1) is 14.2. The second kappa shape index (κ2) is 9.48. The van der Waals surface area contributed by atoms with E-state index in [1.165, 1.54) is 16.0 Å². The van der Waals surface area contributed by atoms with Gasteiger partial charge in [0.25, 0.3) is 0 Å². The molecule has 0 saturated carbocycles. The van der Waals surface area contributed by atoms with Crippen LogP contribution >= 0.6 is 0 Å². The minimum atomic E-state index is -0.439. The molecule has 0 aromatic heterocycles. The van der Waals surface area contributed by atoms with Gasteiger partial charge in [-0.3, -0.25) is 0 Å². The molecule has 1 saturated heterocycles. The van der Waals surface area contributed by atoms with Crippen LogP contribution in [0.25, 0.3) is 0 Å². The van der Waals surface area contributed by atoms with Gasteiger partial charge in [-0.25, -0.2) is 0 Å². The van der Waals surface area contributed by atoms with Crippen molar-refractivity contribution >= 4 is 0 Å². The number of aliphatic hydroxyl groups is 1. The highest BCUT2D eigenvalue weighted by Crippen LogP contribution is 2.32. The third kappa shape index (κ3) is 5.41. The predicted molar refractivity (Wildman–Crippen MR) is 110 cm³/mol. The molecule has 1 atom stereocenters. The van der Waals surface area contributed by atoms with Gasteiger partial charge < -0.3 is 29.1 Å². The van der Waals surface area contributed by atoms with E-state index >= 15 is 0 Å². The zero-order valence-corrected chi connectivity index (χ0v) is 17.2. The minimum Gasteiger partial charge on any atom is -0.491 e. The molecule has 2 aromatic carbocycles. The van der Waals surface area contributed by atoms with Crippen molar-refractivity contribution in [3.05, 3.63) is 53.6 Å². The summed E-state index contributed by atoms with van der Waals surface area (Å²) in [5.74, 6) is 2.53. The van der Waals surface area contributed by atoms with E-state index in [0.717, 1.165) is 62.9 Å². The van der Waals surface area contributed by atoms with Crippen molar-refractivity contribution in [1.82, 2.24) is 0 Å². The number of fused-ring (bicyclic) bond motifs is 1. The van der Waals surface area contributed by atoms with Gasteiger partial charge in [0.2, 0.25) is 6.79 Å². The molecule has 3 N–H and O–H groups in total. The largest absolute Gasteiger partial charge is 0.491 e. The first-order valence-electron chi connectivity index (χ1n) is 10.6. The molecule has 29 heavy (non-hydrogen) atoms. The van der Waals surface area contributed by atoms with Gasteiger partial charge in [-0.2, -0.15) is 0 Å². The summed E-state index contributed by atoms with van der Waals surface area (Å²) in [5, 5.41) is 10.4. The summed E-state index contributed by atoms with van der Waals surface area (Å²) in [6.07, 6.45) is 0.584. The second-order valence-corrected chi connectivity index (χ2v) is 8.03. The molecule has 0 bridgehead atoms. The molecule has 0 spiro atoms. The maximum absolute atomic E-state index is 10.4. The van der Waals surface area contributed by atoms with Crippen molar-refractivity contribution in [3.63, 3.8) is 0 Å². The first kappa shape index (κ1) is 20.0. The summed E-state index contributed by atoms with van der Waals surface area (Å²) >= 11 is 0. The predicted octanol–water partition coefficient (Wildman–Crippen LogP) is -0.299. The average Bonchev–Trinajstić information content (AvgIpc) is 3.22. The minimum absolute atomic E-state index is 0.323. The lowest BCUT2D eigenvalue weighted by Crippen LogP contribution is -3.28. The molecule has 2 aromatic rings. The Labute approximate surface area is 172 Å².